The molecule has 0 aliphatic carbocycles. The van der Waals surface area contributed by atoms with E-state index >= 15 is 0 Å². The first kappa shape index (κ1) is 10.4. The van der Waals surface area contributed by atoms with Gasteiger partial charge in [-0.05, 0) is 18.9 Å². The minimum atomic E-state index is -0.408. The molecule has 0 unspecified atom stereocenters. The van der Waals surface area contributed by atoms with Crippen LogP contribution in [0.1, 0.15) is 12.5 Å². The first-order chi connectivity index (χ1) is 6.74. The lowest BCUT2D eigenvalue weighted by molar-refractivity contribution is -0.121. The second kappa shape index (κ2) is 5.17. The summed E-state index contributed by atoms with van der Waals surface area (Å²) in [5.74, 6) is -0.0269. The Morgan fingerprint density at radius 2 is 2.07 bits per heavy atom. The van der Waals surface area contributed by atoms with Gasteiger partial charge in [-0.25, -0.2) is 0 Å². The Labute approximate surface area is 83.1 Å². The highest BCUT2D eigenvalue weighted by Gasteiger charge is 2.12. The van der Waals surface area contributed by atoms with Crippen molar-refractivity contribution in [3.63, 3.8) is 0 Å². The molecule has 0 aliphatic heterocycles. The van der Waals surface area contributed by atoms with E-state index in [1.807, 2.05) is 30.3 Å². The molecule has 0 aromatic heterocycles. The van der Waals surface area contributed by atoms with Gasteiger partial charge in [0, 0.05) is 0 Å². The number of ketones is 1. The van der Waals surface area contributed by atoms with Gasteiger partial charge in [0.1, 0.15) is 0 Å². The highest BCUT2D eigenvalue weighted by atomic mass is 16.1. The molecule has 0 spiro atoms. The van der Waals surface area contributed by atoms with Crippen LogP contribution in [0.4, 0.5) is 0 Å². The molecule has 0 heterocycles. The predicted molar refractivity (Wildman–Crippen MR) is 53.8 cm³/mol. The summed E-state index contributed by atoms with van der Waals surface area (Å²) in [6, 6.07) is 9.19. The molecule has 14 heavy (non-hydrogen) atoms. The first-order valence-electron chi connectivity index (χ1n) is 4.48. The monoisotopic (exact) mass is 191 g/mol. The van der Waals surface area contributed by atoms with Gasteiger partial charge < -0.3 is 5.32 Å². The van der Waals surface area contributed by atoms with E-state index in [1.54, 1.807) is 0 Å². The molecule has 1 N–H and O–H groups in total. The molecule has 3 heteroatoms. The average Bonchev–Trinajstić information content (AvgIpc) is 2.18. The maximum absolute atomic E-state index is 11.1. The van der Waals surface area contributed by atoms with Crippen molar-refractivity contribution in [1.29, 1.82) is 0 Å². The molecule has 0 radical (unpaired) electrons. The molecule has 1 aromatic rings. The van der Waals surface area contributed by atoms with Crippen LogP contribution in [-0.4, -0.2) is 18.2 Å². The van der Waals surface area contributed by atoms with Crippen LogP contribution in [0.25, 0.3) is 0 Å². The topological polar surface area (TPSA) is 46.2 Å². The van der Waals surface area contributed by atoms with E-state index in [0.29, 0.717) is 12.8 Å². The fourth-order valence-corrected chi connectivity index (χ4v) is 1.25. The van der Waals surface area contributed by atoms with Crippen molar-refractivity contribution in [2.24, 2.45) is 0 Å². The Morgan fingerprint density at radius 1 is 1.43 bits per heavy atom. The van der Waals surface area contributed by atoms with Gasteiger partial charge >= 0.3 is 0 Å². The van der Waals surface area contributed by atoms with E-state index in [0.717, 1.165) is 5.56 Å². The van der Waals surface area contributed by atoms with Crippen LogP contribution >= 0.6 is 0 Å². The number of amides is 1. The smallest absolute Gasteiger partial charge is 0.207 e. The third-order valence-electron chi connectivity index (χ3n) is 2.04. The maximum atomic E-state index is 11.1. The van der Waals surface area contributed by atoms with Crippen molar-refractivity contribution in [2.75, 3.05) is 0 Å². The van der Waals surface area contributed by atoms with Gasteiger partial charge in [0.05, 0.1) is 6.04 Å². The molecule has 1 rings (SSSR count). The van der Waals surface area contributed by atoms with Crippen LogP contribution in [0.3, 0.4) is 0 Å². The van der Waals surface area contributed by atoms with E-state index < -0.39 is 6.04 Å². The first-order valence-corrected chi connectivity index (χ1v) is 4.48. The lowest BCUT2D eigenvalue weighted by Gasteiger charge is -2.12. The third-order valence-corrected chi connectivity index (χ3v) is 2.04. The largest absolute Gasteiger partial charge is 0.349 e. The minimum absolute atomic E-state index is 0.0269. The quantitative estimate of drug-likeness (QED) is 0.704. The molecular formula is C11H13NO2. The van der Waals surface area contributed by atoms with Gasteiger partial charge in [-0.15, -0.1) is 0 Å². The van der Waals surface area contributed by atoms with E-state index in [1.165, 1.54) is 6.92 Å². The summed E-state index contributed by atoms with van der Waals surface area (Å²) in [4.78, 5) is 21.4. The van der Waals surface area contributed by atoms with Crippen LogP contribution in [0.2, 0.25) is 0 Å². The van der Waals surface area contributed by atoms with Crippen LogP contribution in [0, 0.1) is 0 Å². The Morgan fingerprint density at radius 3 is 2.57 bits per heavy atom. The summed E-state index contributed by atoms with van der Waals surface area (Å²) in [5.41, 5.74) is 1.04. The number of hydrogen-bond acceptors (Lipinski definition) is 2. The summed E-state index contributed by atoms with van der Waals surface area (Å²) in [5, 5.41) is 2.50. The SMILES string of the molecule is CC(=O)[C@H](Cc1ccccc1)NC=O. The molecule has 0 saturated heterocycles. The van der Waals surface area contributed by atoms with Crippen molar-refractivity contribution in [1.82, 2.24) is 5.32 Å². The molecule has 0 saturated carbocycles. The highest BCUT2D eigenvalue weighted by Crippen LogP contribution is 2.03. The number of nitrogens with one attached hydrogen (secondary N) is 1. The zero-order valence-corrected chi connectivity index (χ0v) is 8.07. The summed E-state index contributed by atoms with van der Waals surface area (Å²) >= 11 is 0. The molecule has 1 amide bonds. The third kappa shape index (κ3) is 3.01. The van der Waals surface area contributed by atoms with E-state index in [4.69, 9.17) is 0 Å². The number of hydrogen-bond donors (Lipinski definition) is 1. The Balaban J connectivity index is 2.64. The van der Waals surface area contributed by atoms with E-state index in [2.05, 4.69) is 5.32 Å². The Hall–Kier alpha value is -1.64. The molecular weight excluding hydrogens is 178 g/mol. The van der Waals surface area contributed by atoms with E-state index in [-0.39, 0.29) is 5.78 Å². The number of benzene rings is 1. The fraction of sp³-hybridized carbons (Fsp3) is 0.273. The van der Waals surface area contributed by atoms with Crippen molar-refractivity contribution >= 4 is 12.2 Å². The summed E-state index contributed by atoms with van der Waals surface area (Å²) in [7, 11) is 0. The van der Waals surface area contributed by atoms with Crippen LogP contribution < -0.4 is 5.32 Å². The van der Waals surface area contributed by atoms with Crippen molar-refractivity contribution < 1.29 is 9.59 Å². The molecule has 1 atom stereocenters. The van der Waals surface area contributed by atoms with Gasteiger partial charge in [0.15, 0.2) is 5.78 Å². The number of carbonyl (C=O) groups is 2. The Bertz CT molecular complexity index is 308. The summed E-state index contributed by atoms with van der Waals surface area (Å²) in [6.45, 7) is 1.48. The lowest BCUT2D eigenvalue weighted by Crippen LogP contribution is -2.36. The van der Waals surface area contributed by atoms with Gasteiger partial charge in [-0.2, -0.15) is 0 Å². The van der Waals surface area contributed by atoms with Gasteiger partial charge in [0.2, 0.25) is 6.41 Å². The number of rotatable bonds is 5. The molecule has 3 nitrogen and oxygen atoms in total. The minimum Gasteiger partial charge on any atom is -0.349 e. The van der Waals surface area contributed by atoms with Crippen LogP contribution in [0.15, 0.2) is 30.3 Å². The van der Waals surface area contributed by atoms with Gasteiger partial charge in [-0.1, -0.05) is 30.3 Å². The molecule has 0 bridgehead atoms. The fourth-order valence-electron chi connectivity index (χ4n) is 1.25. The average molecular weight is 191 g/mol. The van der Waals surface area contributed by atoms with Crippen LogP contribution in [-0.2, 0) is 16.0 Å². The number of carbonyl (C=O) groups excluding carboxylic acids is 2. The molecule has 1 aromatic carbocycles. The molecule has 0 fully saturated rings. The normalized spacial score (nSPS) is 11.8. The lowest BCUT2D eigenvalue weighted by atomic mass is 10.0. The van der Waals surface area contributed by atoms with Crippen molar-refractivity contribution in [2.45, 2.75) is 19.4 Å². The van der Waals surface area contributed by atoms with E-state index in [9.17, 15) is 9.59 Å². The summed E-state index contributed by atoms with van der Waals surface area (Å²) in [6.07, 6.45) is 1.12. The molecule has 74 valence electrons. The van der Waals surface area contributed by atoms with Crippen LogP contribution in [0.5, 0.6) is 0 Å². The van der Waals surface area contributed by atoms with Gasteiger partial charge in [-0.3, -0.25) is 9.59 Å². The standard InChI is InChI=1S/C11H13NO2/c1-9(14)11(12-8-13)7-10-5-3-2-4-6-10/h2-6,8,11H,7H2,1H3,(H,12,13)/t11-/m0/s1. The second-order valence-electron chi connectivity index (χ2n) is 3.14. The van der Waals surface area contributed by atoms with Gasteiger partial charge in [0.25, 0.3) is 0 Å². The zero-order valence-electron chi connectivity index (χ0n) is 8.07. The highest BCUT2D eigenvalue weighted by molar-refractivity contribution is 5.83. The summed E-state index contributed by atoms with van der Waals surface area (Å²) < 4.78 is 0. The Kier molecular flexibility index (Phi) is 3.85. The van der Waals surface area contributed by atoms with Crippen molar-refractivity contribution in [3.05, 3.63) is 35.9 Å². The van der Waals surface area contributed by atoms with Crippen molar-refractivity contribution in [3.8, 4) is 0 Å². The molecule has 0 aliphatic rings. The maximum Gasteiger partial charge on any atom is 0.207 e. The second-order valence-corrected chi connectivity index (χ2v) is 3.14. The predicted octanol–water partition coefficient (Wildman–Crippen LogP) is 0.933. The zero-order chi connectivity index (χ0) is 10.4. The number of Topliss-reactive ketones (excluding diaryl/α,β-unsaturated/α-hetero) is 1.